The quantitative estimate of drug-likeness (QED) is 0.109. The maximum atomic E-state index is 12.7. The van der Waals surface area contributed by atoms with Gasteiger partial charge >= 0.3 is 57.4 Å². The predicted molar refractivity (Wildman–Crippen MR) is 102 cm³/mol. The molecule has 13 heteroatoms. The Morgan fingerprint density at radius 1 is 1.20 bits per heavy atom. The van der Waals surface area contributed by atoms with Gasteiger partial charge in [0.25, 0.3) is 0 Å². The molecule has 0 saturated heterocycles. The van der Waals surface area contributed by atoms with E-state index in [0.29, 0.717) is 29.1 Å². The molecule has 8 nitrogen and oxygen atoms in total. The number of ether oxygens (including phenoxy) is 1. The van der Waals surface area contributed by atoms with Gasteiger partial charge in [-0.15, -0.1) is 0 Å². The summed E-state index contributed by atoms with van der Waals surface area (Å²) in [5.41, 5.74) is -0.884. The van der Waals surface area contributed by atoms with Gasteiger partial charge in [0.2, 0.25) is 15.7 Å². The Morgan fingerprint density at radius 3 is 2.23 bits per heavy atom. The molecule has 0 fully saturated rings. The monoisotopic (exact) mass is 563 g/mol. The van der Waals surface area contributed by atoms with Crippen LogP contribution in [0, 0.1) is 11.3 Å². The van der Waals surface area contributed by atoms with E-state index in [1.165, 1.54) is 0 Å². The van der Waals surface area contributed by atoms with Crippen LogP contribution in [-0.4, -0.2) is 72.6 Å². The zero-order valence-corrected chi connectivity index (χ0v) is 26.6. The van der Waals surface area contributed by atoms with Crippen LogP contribution >= 0.6 is 0 Å². The van der Waals surface area contributed by atoms with Crippen molar-refractivity contribution in [1.82, 2.24) is 4.90 Å². The standard InChI is InChI=1S/C17H33NO7SSi.K.2V/c1-6-14(15(19)18(4)9-7-12-27-24-5)13-17(2,3)16(20)25-10-8-11-26(21,22)23;;;/h14H,6-13H2,1-5H3,(H,21,22,23);;;/q;+1;;/p-1. The van der Waals surface area contributed by atoms with E-state index in [0.717, 1.165) is 12.5 Å². The van der Waals surface area contributed by atoms with Gasteiger partial charge in [-0.3, -0.25) is 9.59 Å². The summed E-state index contributed by atoms with van der Waals surface area (Å²) in [5, 5.41) is 0. The van der Waals surface area contributed by atoms with Gasteiger partial charge in [0, 0.05) is 69.5 Å². The minimum Gasteiger partial charge on any atom is -0.748 e. The van der Waals surface area contributed by atoms with Crippen LogP contribution in [0.5, 0.6) is 0 Å². The molecular formula is C17H32KNO7SSiV2. The van der Waals surface area contributed by atoms with E-state index in [1.807, 2.05) is 6.92 Å². The van der Waals surface area contributed by atoms with E-state index in [9.17, 15) is 22.6 Å². The second-order valence-electron chi connectivity index (χ2n) is 7.16. The van der Waals surface area contributed by atoms with Crippen molar-refractivity contribution in [3.63, 3.8) is 0 Å². The molecule has 0 heterocycles. The maximum absolute atomic E-state index is 12.7. The summed E-state index contributed by atoms with van der Waals surface area (Å²) in [6.07, 6.45) is 1.77. The van der Waals surface area contributed by atoms with Crippen molar-refractivity contribution in [1.29, 1.82) is 0 Å². The molecule has 30 heavy (non-hydrogen) atoms. The van der Waals surface area contributed by atoms with Gasteiger partial charge in [0.15, 0.2) is 0 Å². The van der Waals surface area contributed by atoms with Gasteiger partial charge in [-0.1, -0.05) is 6.92 Å². The fourth-order valence-electron chi connectivity index (χ4n) is 2.61. The molecule has 0 aliphatic rings. The Labute approximate surface area is 250 Å². The molecule has 0 N–H and O–H groups in total. The smallest absolute Gasteiger partial charge is 0.748 e. The molecule has 1 amide bonds. The molecule has 0 aromatic carbocycles. The maximum Gasteiger partial charge on any atom is 1.00 e. The minimum atomic E-state index is -4.31. The van der Waals surface area contributed by atoms with Crippen molar-refractivity contribution < 1.29 is 120 Å². The summed E-state index contributed by atoms with van der Waals surface area (Å²) in [7, 11) is -0.468. The topological polar surface area (TPSA) is 113 Å². The van der Waals surface area contributed by atoms with Crippen molar-refractivity contribution >= 4 is 31.8 Å². The zero-order chi connectivity index (χ0) is 21.1. The second-order valence-corrected chi connectivity index (χ2v) is 9.88. The van der Waals surface area contributed by atoms with Crippen LogP contribution in [-0.2, 0) is 66.0 Å². The van der Waals surface area contributed by atoms with E-state index in [4.69, 9.17) is 9.16 Å². The summed E-state index contributed by atoms with van der Waals surface area (Å²) < 4.78 is 41.8. The van der Waals surface area contributed by atoms with Gasteiger partial charge in [0.05, 0.1) is 22.1 Å². The van der Waals surface area contributed by atoms with Crippen molar-refractivity contribution in [3.8, 4) is 0 Å². The van der Waals surface area contributed by atoms with E-state index in [2.05, 4.69) is 0 Å². The number of hydrogen-bond acceptors (Lipinski definition) is 7. The van der Waals surface area contributed by atoms with Gasteiger partial charge in [-0.2, -0.15) is 0 Å². The molecule has 0 saturated carbocycles. The Morgan fingerprint density at radius 2 is 1.77 bits per heavy atom. The average Bonchev–Trinajstić information content (AvgIpc) is 2.58. The molecule has 1 unspecified atom stereocenters. The Kier molecular flexibility index (Phi) is 26.3. The summed E-state index contributed by atoms with van der Waals surface area (Å²) in [6.45, 7) is 5.82. The third-order valence-corrected chi connectivity index (χ3v) is 5.85. The van der Waals surface area contributed by atoms with Gasteiger partial charge in [0.1, 0.15) is 0 Å². The van der Waals surface area contributed by atoms with Crippen molar-refractivity contribution in [2.45, 2.75) is 52.5 Å². The number of esters is 1. The number of nitrogens with zero attached hydrogens (tertiary/aromatic N) is 1. The molecule has 0 bridgehead atoms. The first-order valence-electron chi connectivity index (χ1n) is 9.06. The van der Waals surface area contributed by atoms with Gasteiger partial charge in [-0.05, 0) is 45.6 Å². The van der Waals surface area contributed by atoms with E-state index < -0.39 is 27.3 Å². The first-order chi connectivity index (χ1) is 12.4. The molecule has 0 aromatic rings. The Bertz CT molecular complexity index is 582. The normalized spacial score (nSPS) is 11.9. The third-order valence-electron chi connectivity index (χ3n) is 4.22. The van der Waals surface area contributed by atoms with Gasteiger partial charge in [-0.25, -0.2) is 8.42 Å². The number of carbonyl (C=O) groups excluding carboxylic acids is 2. The summed E-state index contributed by atoms with van der Waals surface area (Å²) >= 11 is 0. The van der Waals surface area contributed by atoms with Crippen LogP contribution in [0.25, 0.3) is 0 Å². The molecular weight excluding hydrogens is 531 g/mol. The van der Waals surface area contributed by atoms with Crippen LogP contribution in [0.15, 0.2) is 0 Å². The third kappa shape index (κ3) is 18.3. The fourth-order valence-corrected chi connectivity index (χ4v) is 3.59. The molecule has 0 rings (SSSR count). The SMILES string of the molecule is CCC(CC(C)(C)C(=O)OCCCS(=O)(=O)[O-])C(=O)N(C)CCC[Si]OC.[K+].[V].[V]. The molecule has 0 aliphatic heterocycles. The van der Waals surface area contributed by atoms with Gasteiger partial charge < -0.3 is 18.6 Å². The van der Waals surface area contributed by atoms with Crippen LogP contribution in [0.1, 0.15) is 46.5 Å². The Balaban J connectivity index is -0.00000113. The van der Waals surface area contributed by atoms with E-state index in [-0.39, 0.29) is 113 Å². The summed E-state index contributed by atoms with van der Waals surface area (Å²) in [6, 6.07) is 0.905. The second kappa shape index (κ2) is 20.2. The number of hydrogen-bond donors (Lipinski definition) is 0. The first kappa shape index (κ1) is 39.1. The molecule has 0 aromatic heterocycles. The van der Waals surface area contributed by atoms with Crippen LogP contribution in [0.3, 0.4) is 0 Å². The number of rotatable bonds is 14. The van der Waals surface area contributed by atoms with Crippen LogP contribution < -0.4 is 51.4 Å². The predicted octanol–water partition coefficient (Wildman–Crippen LogP) is -1.56. The molecule has 4 radical (unpaired) electrons. The zero-order valence-electron chi connectivity index (χ0n) is 18.8. The van der Waals surface area contributed by atoms with E-state index >= 15 is 0 Å². The number of amides is 1. The summed E-state index contributed by atoms with van der Waals surface area (Å²) in [4.78, 5) is 26.6. The average molecular weight is 564 g/mol. The van der Waals surface area contributed by atoms with Crippen molar-refractivity contribution in [2.75, 3.05) is 33.1 Å². The van der Waals surface area contributed by atoms with Crippen molar-refractivity contribution in [2.24, 2.45) is 11.3 Å². The first-order valence-corrected chi connectivity index (χ1v) is 11.8. The van der Waals surface area contributed by atoms with E-state index in [1.54, 1.807) is 32.9 Å². The van der Waals surface area contributed by atoms with Crippen LogP contribution in [0.4, 0.5) is 0 Å². The minimum absolute atomic E-state index is 0. The fraction of sp³-hybridized carbons (Fsp3) is 0.882. The number of carbonyl (C=O) groups is 2. The molecule has 1 atom stereocenters. The van der Waals surface area contributed by atoms with Crippen molar-refractivity contribution in [3.05, 3.63) is 0 Å². The molecule has 0 aliphatic carbocycles. The molecule has 168 valence electrons. The summed E-state index contributed by atoms with van der Waals surface area (Å²) in [5.74, 6) is -1.37. The largest absolute Gasteiger partial charge is 1.00 e. The molecule has 0 spiro atoms. The van der Waals surface area contributed by atoms with Crippen LogP contribution in [0.2, 0.25) is 6.04 Å². The Hall–Kier alpha value is 1.83.